The van der Waals surface area contributed by atoms with Crippen LogP contribution in [0.25, 0.3) is 0 Å². The van der Waals surface area contributed by atoms with Crippen molar-refractivity contribution in [2.45, 2.75) is 113 Å². The smallest absolute Gasteiger partial charge is 0.410 e. The molecule has 4 aliphatic heterocycles. The number of hydrogen-bond donors (Lipinski definition) is 3. The number of piperidine rings is 2. The van der Waals surface area contributed by atoms with E-state index >= 15 is 0 Å². The fraction of sp³-hybridized carbons (Fsp3) is 0.528. The van der Waals surface area contributed by atoms with Gasteiger partial charge in [-0.25, -0.2) is 4.79 Å². The van der Waals surface area contributed by atoms with Gasteiger partial charge in [-0.15, -0.1) is 22.7 Å². The van der Waals surface area contributed by atoms with Crippen LogP contribution in [0.2, 0.25) is 8.67 Å². The highest BCUT2D eigenvalue weighted by molar-refractivity contribution is 7.16. The predicted molar refractivity (Wildman–Crippen MR) is 195 cm³/mol. The van der Waals surface area contributed by atoms with E-state index in [9.17, 15) is 4.79 Å². The number of fused-ring (bicyclic) bond motifs is 4. The molecule has 4 bridgehead atoms. The van der Waals surface area contributed by atoms with Gasteiger partial charge in [-0.2, -0.15) is 10.2 Å². The van der Waals surface area contributed by atoms with Crippen LogP contribution in [0, 0.1) is 0 Å². The number of aryl methyl sites for hydroxylation is 4. The zero-order valence-electron chi connectivity index (χ0n) is 27.1. The van der Waals surface area contributed by atoms with Crippen LogP contribution in [0.3, 0.4) is 0 Å². The maximum atomic E-state index is 12.3. The Labute approximate surface area is 300 Å². The summed E-state index contributed by atoms with van der Waals surface area (Å²) in [6.07, 6.45) is 14.6. The van der Waals surface area contributed by atoms with Crippen LogP contribution in [-0.4, -0.2) is 62.2 Å². The highest BCUT2D eigenvalue weighted by atomic mass is 35.5. The van der Waals surface area contributed by atoms with E-state index in [1.54, 1.807) is 28.7 Å². The van der Waals surface area contributed by atoms with Gasteiger partial charge in [0.05, 0.1) is 20.1 Å². The minimum Gasteiger partial charge on any atom is -0.445 e. The molecular formula is C36H44Cl2N6O2S2. The molecular weight excluding hydrogens is 683 g/mol. The number of carbonyl (C=O) groups is 1. The van der Waals surface area contributed by atoms with Crippen LogP contribution >= 0.6 is 45.9 Å². The molecule has 0 radical (unpaired) electrons. The number of H-pyrrole nitrogens is 2. The predicted octanol–water partition coefficient (Wildman–Crippen LogP) is 8.85. The standard InChI is InChI=1S/C20H24ClN3O2S.C16H20ClN3S/c1-2-9-26-20(25)24-15-4-5-16(24)11-13(10-15)18-12-14(22-23-18)3-6-17-7-8-19(21)27-17;17-16-6-5-14(21-16)4-3-13-9-15(20-19-13)10-7-11-1-2-12(8-10)18-11/h2,7-8,12-13,15-16H,1,3-6,9-11H2,(H,22,23);5-6,9-12,18H,1-4,7-8H2,(H,19,20). The number of nitrogens with one attached hydrogen (secondary N) is 3. The fourth-order valence-corrected chi connectivity index (χ4v) is 10.3. The van der Waals surface area contributed by atoms with Crippen LogP contribution < -0.4 is 5.32 Å². The van der Waals surface area contributed by atoms with Gasteiger partial charge in [0.25, 0.3) is 0 Å². The number of ether oxygens (including phenoxy) is 1. The van der Waals surface area contributed by atoms with E-state index in [4.69, 9.17) is 27.9 Å². The van der Waals surface area contributed by atoms with Gasteiger partial charge in [-0.3, -0.25) is 10.2 Å². The Balaban J connectivity index is 0.000000156. The third-order valence-corrected chi connectivity index (χ3v) is 13.0. The molecule has 256 valence electrons. The van der Waals surface area contributed by atoms with Gasteiger partial charge in [0.15, 0.2) is 0 Å². The molecule has 4 aromatic rings. The molecule has 1 amide bonds. The summed E-state index contributed by atoms with van der Waals surface area (Å²) in [4.78, 5) is 16.9. The van der Waals surface area contributed by atoms with Gasteiger partial charge >= 0.3 is 6.09 Å². The molecule has 8 heterocycles. The van der Waals surface area contributed by atoms with Crippen molar-refractivity contribution in [3.05, 3.63) is 90.3 Å². The van der Waals surface area contributed by atoms with Crippen LogP contribution in [0.1, 0.15) is 95.7 Å². The van der Waals surface area contributed by atoms with E-state index in [-0.39, 0.29) is 24.8 Å². The van der Waals surface area contributed by atoms with E-state index in [0.29, 0.717) is 11.8 Å². The lowest BCUT2D eigenvalue weighted by Crippen LogP contribution is -2.46. The molecule has 4 aliphatic rings. The molecule has 0 saturated carbocycles. The molecule has 12 heteroatoms. The number of aromatic amines is 2. The second kappa shape index (κ2) is 15.5. The van der Waals surface area contributed by atoms with Crippen LogP contribution in [-0.2, 0) is 30.4 Å². The second-order valence-corrected chi connectivity index (χ2v) is 17.3. The summed E-state index contributed by atoms with van der Waals surface area (Å²) in [5.41, 5.74) is 4.81. The topological polar surface area (TPSA) is 98.9 Å². The van der Waals surface area contributed by atoms with Gasteiger partial charge in [0, 0.05) is 57.1 Å². The average molecular weight is 728 g/mol. The molecule has 3 N–H and O–H groups in total. The van der Waals surface area contributed by atoms with E-state index in [0.717, 1.165) is 83.5 Å². The van der Waals surface area contributed by atoms with Crippen molar-refractivity contribution in [1.82, 2.24) is 30.6 Å². The third kappa shape index (κ3) is 8.21. The first-order valence-electron chi connectivity index (χ1n) is 17.3. The molecule has 0 aromatic carbocycles. The quantitative estimate of drug-likeness (QED) is 0.142. The molecule has 8 rings (SSSR count). The van der Waals surface area contributed by atoms with Gasteiger partial charge in [0.1, 0.15) is 6.61 Å². The summed E-state index contributed by atoms with van der Waals surface area (Å²) in [5, 5.41) is 19.3. The highest BCUT2D eigenvalue weighted by Gasteiger charge is 2.45. The monoisotopic (exact) mass is 726 g/mol. The largest absolute Gasteiger partial charge is 0.445 e. The van der Waals surface area contributed by atoms with E-state index in [1.807, 2.05) is 17.0 Å². The van der Waals surface area contributed by atoms with Crippen molar-refractivity contribution in [2.24, 2.45) is 0 Å². The minimum atomic E-state index is -0.196. The highest BCUT2D eigenvalue weighted by Crippen LogP contribution is 2.43. The van der Waals surface area contributed by atoms with Crippen molar-refractivity contribution in [3.8, 4) is 0 Å². The number of aromatic nitrogens is 4. The first kappa shape index (κ1) is 33.8. The van der Waals surface area contributed by atoms with Crippen molar-refractivity contribution >= 4 is 52.0 Å². The molecule has 4 aromatic heterocycles. The molecule has 4 atom stereocenters. The number of carbonyl (C=O) groups excluding carboxylic acids is 1. The number of thiophene rings is 2. The number of halogens is 2. The normalized spacial score (nSPS) is 25.9. The van der Waals surface area contributed by atoms with Gasteiger partial charge in [-0.05, 0) is 113 Å². The lowest BCUT2D eigenvalue weighted by molar-refractivity contribution is 0.0723. The van der Waals surface area contributed by atoms with E-state index < -0.39 is 0 Å². The maximum absolute atomic E-state index is 12.3. The first-order chi connectivity index (χ1) is 23.4. The number of amides is 1. The summed E-state index contributed by atoms with van der Waals surface area (Å²) in [5.74, 6) is 1.05. The van der Waals surface area contributed by atoms with Crippen LogP contribution in [0.4, 0.5) is 4.79 Å². The number of rotatable bonds is 10. The number of hydrogen-bond acceptors (Lipinski definition) is 7. The summed E-state index contributed by atoms with van der Waals surface area (Å²) in [6, 6.07) is 14.6. The first-order valence-corrected chi connectivity index (χ1v) is 19.7. The Morgan fingerprint density at radius 2 is 1.33 bits per heavy atom. The lowest BCUT2D eigenvalue weighted by atomic mass is 9.88. The Bertz CT molecular complexity index is 1660. The minimum absolute atomic E-state index is 0.196. The maximum Gasteiger partial charge on any atom is 0.410 e. The Kier molecular flexibility index (Phi) is 10.9. The molecule has 4 fully saturated rings. The zero-order valence-corrected chi connectivity index (χ0v) is 30.3. The molecule has 4 unspecified atom stereocenters. The molecule has 0 spiro atoms. The van der Waals surface area contributed by atoms with E-state index in [2.05, 4.69) is 56.6 Å². The van der Waals surface area contributed by atoms with Crippen molar-refractivity contribution in [1.29, 1.82) is 0 Å². The van der Waals surface area contributed by atoms with Gasteiger partial charge in [0.2, 0.25) is 0 Å². The molecule has 8 nitrogen and oxygen atoms in total. The SMILES string of the molecule is C=CCOC(=O)N1C2CCC1CC(c1cc(CCc3ccc(Cl)s3)[nH]n1)C2.Clc1ccc(CCc2cc(C3CC4CCC(C3)N4)n[nH]2)s1. The average Bonchev–Trinajstić information content (AvgIpc) is 3.95. The second-order valence-electron chi connectivity index (χ2n) is 13.7. The van der Waals surface area contributed by atoms with Gasteiger partial charge in [-0.1, -0.05) is 35.9 Å². The van der Waals surface area contributed by atoms with Crippen molar-refractivity contribution < 1.29 is 9.53 Å². The van der Waals surface area contributed by atoms with Crippen LogP contribution in [0.15, 0.2) is 49.1 Å². The Morgan fingerprint density at radius 1 is 0.812 bits per heavy atom. The number of nitrogens with zero attached hydrogens (tertiary/aromatic N) is 3. The third-order valence-electron chi connectivity index (χ3n) is 10.4. The molecule has 48 heavy (non-hydrogen) atoms. The van der Waals surface area contributed by atoms with Gasteiger partial charge < -0.3 is 15.0 Å². The van der Waals surface area contributed by atoms with Crippen molar-refractivity contribution in [2.75, 3.05) is 6.61 Å². The Morgan fingerprint density at radius 3 is 1.81 bits per heavy atom. The summed E-state index contributed by atoms with van der Waals surface area (Å²) in [7, 11) is 0. The lowest BCUT2D eigenvalue weighted by Gasteiger charge is -2.37. The Hall–Kier alpha value is -2.63. The van der Waals surface area contributed by atoms with E-state index in [1.165, 1.54) is 46.8 Å². The van der Waals surface area contributed by atoms with Crippen LogP contribution in [0.5, 0.6) is 0 Å². The fourth-order valence-electron chi connectivity index (χ4n) is 8.14. The summed E-state index contributed by atoms with van der Waals surface area (Å²) >= 11 is 15.3. The molecule has 0 aliphatic carbocycles. The molecule has 4 saturated heterocycles. The zero-order chi connectivity index (χ0) is 33.0. The summed E-state index contributed by atoms with van der Waals surface area (Å²) < 4.78 is 6.98. The summed E-state index contributed by atoms with van der Waals surface area (Å²) in [6.45, 7) is 3.88. The van der Waals surface area contributed by atoms with Crippen molar-refractivity contribution in [3.63, 3.8) is 0 Å².